The molecule has 0 radical (unpaired) electrons. The Balaban J connectivity index is 2.26. The molecule has 1 fully saturated rings. The molecule has 100 valence electrons. The minimum absolute atomic E-state index is 0.467. The van der Waals surface area contributed by atoms with Gasteiger partial charge in [0, 0.05) is 12.6 Å². The topological polar surface area (TPSA) is 64.3 Å². The second-order valence-corrected chi connectivity index (χ2v) is 4.70. The van der Waals surface area contributed by atoms with Crippen molar-refractivity contribution in [3.63, 3.8) is 0 Å². The van der Waals surface area contributed by atoms with Crippen LogP contribution in [0.3, 0.4) is 0 Å². The molecule has 0 saturated heterocycles. The lowest BCUT2D eigenvalue weighted by Gasteiger charge is -2.35. The van der Waals surface area contributed by atoms with Crippen molar-refractivity contribution in [3.05, 3.63) is 6.33 Å². The van der Waals surface area contributed by atoms with Crippen LogP contribution >= 0.6 is 0 Å². The third kappa shape index (κ3) is 2.49. The van der Waals surface area contributed by atoms with Crippen molar-refractivity contribution in [1.29, 1.82) is 0 Å². The SMILES string of the molecule is CCN(c1ncnc(OC)c1N)C1CCCCC1. The van der Waals surface area contributed by atoms with Crippen molar-refractivity contribution in [2.75, 3.05) is 24.3 Å². The first-order valence-corrected chi connectivity index (χ1v) is 6.69. The van der Waals surface area contributed by atoms with E-state index in [-0.39, 0.29) is 0 Å². The van der Waals surface area contributed by atoms with Gasteiger partial charge in [-0.15, -0.1) is 0 Å². The van der Waals surface area contributed by atoms with E-state index in [1.807, 2.05) is 0 Å². The van der Waals surface area contributed by atoms with Crippen LogP contribution < -0.4 is 15.4 Å². The molecule has 5 nitrogen and oxygen atoms in total. The Kier molecular flexibility index (Phi) is 4.23. The summed E-state index contributed by atoms with van der Waals surface area (Å²) in [6.45, 7) is 3.05. The highest BCUT2D eigenvalue weighted by atomic mass is 16.5. The molecule has 0 aliphatic heterocycles. The van der Waals surface area contributed by atoms with Crippen molar-refractivity contribution in [1.82, 2.24) is 9.97 Å². The monoisotopic (exact) mass is 250 g/mol. The predicted octanol–water partition coefficient (Wildman–Crippen LogP) is 2.23. The van der Waals surface area contributed by atoms with Crippen LogP contribution in [0.2, 0.25) is 0 Å². The van der Waals surface area contributed by atoms with Crippen molar-refractivity contribution >= 4 is 11.5 Å². The van der Waals surface area contributed by atoms with Crippen molar-refractivity contribution in [2.45, 2.75) is 45.1 Å². The highest BCUT2D eigenvalue weighted by Crippen LogP contribution is 2.32. The van der Waals surface area contributed by atoms with E-state index in [0.717, 1.165) is 12.4 Å². The first-order chi connectivity index (χ1) is 8.77. The quantitative estimate of drug-likeness (QED) is 0.887. The van der Waals surface area contributed by atoms with Gasteiger partial charge in [-0.05, 0) is 19.8 Å². The number of ether oxygens (including phenoxy) is 1. The summed E-state index contributed by atoms with van der Waals surface area (Å²) in [7, 11) is 1.58. The zero-order valence-electron chi connectivity index (χ0n) is 11.2. The Hall–Kier alpha value is -1.52. The van der Waals surface area contributed by atoms with Gasteiger partial charge in [-0.2, -0.15) is 4.98 Å². The van der Waals surface area contributed by atoms with Crippen LogP contribution in [-0.2, 0) is 0 Å². The number of methoxy groups -OCH3 is 1. The number of hydrogen-bond donors (Lipinski definition) is 1. The number of hydrogen-bond acceptors (Lipinski definition) is 5. The molecule has 2 N–H and O–H groups in total. The average Bonchev–Trinajstić information content (AvgIpc) is 2.43. The van der Waals surface area contributed by atoms with Crippen molar-refractivity contribution < 1.29 is 4.74 Å². The van der Waals surface area contributed by atoms with Gasteiger partial charge in [-0.1, -0.05) is 19.3 Å². The van der Waals surface area contributed by atoms with Gasteiger partial charge in [0.25, 0.3) is 0 Å². The van der Waals surface area contributed by atoms with Gasteiger partial charge in [0.15, 0.2) is 5.82 Å². The molecule has 1 aliphatic rings. The minimum Gasteiger partial charge on any atom is -0.479 e. The van der Waals surface area contributed by atoms with Crippen molar-refractivity contribution in [2.24, 2.45) is 0 Å². The molecule has 1 aromatic heterocycles. The van der Waals surface area contributed by atoms with E-state index in [9.17, 15) is 0 Å². The molecule has 18 heavy (non-hydrogen) atoms. The minimum atomic E-state index is 0.467. The maximum Gasteiger partial charge on any atom is 0.242 e. The second-order valence-electron chi connectivity index (χ2n) is 4.70. The number of nitrogen functional groups attached to an aromatic ring is 1. The number of anilines is 2. The van der Waals surface area contributed by atoms with E-state index in [2.05, 4.69) is 21.8 Å². The van der Waals surface area contributed by atoms with Gasteiger partial charge in [0.1, 0.15) is 12.0 Å². The molecule has 1 aromatic rings. The largest absolute Gasteiger partial charge is 0.479 e. The molecular weight excluding hydrogens is 228 g/mol. The lowest BCUT2D eigenvalue weighted by atomic mass is 9.94. The Labute approximate surface area is 108 Å². The van der Waals surface area contributed by atoms with Crippen LogP contribution in [0, 0.1) is 0 Å². The first-order valence-electron chi connectivity index (χ1n) is 6.69. The first kappa shape index (κ1) is 12.9. The molecule has 0 atom stereocenters. The van der Waals surface area contributed by atoms with Crippen molar-refractivity contribution in [3.8, 4) is 5.88 Å². The van der Waals surface area contributed by atoms with Crippen LogP contribution in [0.1, 0.15) is 39.0 Å². The third-order valence-corrected chi connectivity index (χ3v) is 3.65. The van der Waals surface area contributed by atoms with E-state index in [1.54, 1.807) is 7.11 Å². The van der Waals surface area contributed by atoms with E-state index in [1.165, 1.54) is 38.4 Å². The van der Waals surface area contributed by atoms with Gasteiger partial charge in [-0.3, -0.25) is 0 Å². The van der Waals surface area contributed by atoms with E-state index >= 15 is 0 Å². The summed E-state index contributed by atoms with van der Waals surface area (Å²) in [6, 6.07) is 0.547. The Morgan fingerprint density at radius 2 is 2.06 bits per heavy atom. The van der Waals surface area contributed by atoms with Crippen LogP contribution in [0.4, 0.5) is 11.5 Å². The standard InChI is InChI=1S/C13H22N4O/c1-3-17(10-7-5-4-6-8-10)12-11(14)13(18-2)16-9-15-12/h9-10H,3-8,14H2,1-2H3. The molecular formula is C13H22N4O. The van der Waals surface area contributed by atoms with Crippen LogP contribution in [-0.4, -0.2) is 29.7 Å². The fourth-order valence-corrected chi connectivity index (χ4v) is 2.74. The normalized spacial score (nSPS) is 16.6. The zero-order chi connectivity index (χ0) is 13.0. The van der Waals surface area contributed by atoms with E-state index < -0.39 is 0 Å². The lowest BCUT2D eigenvalue weighted by molar-refractivity contribution is 0.396. The maximum atomic E-state index is 6.09. The molecule has 1 heterocycles. The van der Waals surface area contributed by atoms with E-state index in [0.29, 0.717) is 17.6 Å². The van der Waals surface area contributed by atoms with Gasteiger partial charge in [0.05, 0.1) is 7.11 Å². The van der Waals surface area contributed by atoms with Gasteiger partial charge >= 0.3 is 0 Å². The van der Waals surface area contributed by atoms with Gasteiger partial charge in [-0.25, -0.2) is 4.98 Å². The Morgan fingerprint density at radius 1 is 1.33 bits per heavy atom. The zero-order valence-corrected chi connectivity index (χ0v) is 11.2. The number of rotatable bonds is 4. The highest BCUT2D eigenvalue weighted by Gasteiger charge is 2.23. The molecule has 0 spiro atoms. The van der Waals surface area contributed by atoms with E-state index in [4.69, 9.17) is 10.5 Å². The van der Waals surface area contributed by atoms with Crippen LogP contribution in [0.25, 0.3) is 0 Å². The summed E-state index contributed by atoms with van der Waals surface area (Å²) in [5, 5.41) is 0. The Morgan fingerprint density at radius 3 is 2.67 bits per heavy atom. The van der Waals surface area contributed by atoms with Crippen LogP contribution in [0.5, 0.6) is 5.88 Å². The molecule has 2 rings (SSSR count). The second kappa shape index (κ2) is 5.89. The predicted molar refractivity (Wildman–Crippen MR) is 72.9 cm³/mol. The molecule has 1 saturated carbocycles. The third-order valence-electron chi connectivity index (χ3n) is 3.65. The summed E-state index contributed by atoms with van der Waals surface area (Å²) in [5.41, 5.74) is 6.63. The molecule has 0 unspecified atom stereocenters. The maximum absolute atomic E-state index is 6.09. The highest BCUT2D eigenvalue weighted by molar-refractivity contribution is 5.68. The average molecular weight is 250 g/mol. The number of aromatic nitrogens is 2. The Bertz CT molecular complexity index is 391. The van der Waals surface area contributed by atoms with Gasteiger partial charge < -0.3 is 15.4 Å². The fourth-order valence-electron chi connectivity index (χ4n) is 2.74. The molecule has 0 amide bonds. The summed E-state index contributed by atoms with van der Waals surface area (Å²) in [4.78, 5) is 10.7. The summed E-state index contributed by atoms with van der Waals surface area (Å²) < 4.78 is 5.16. The fraction of sp³-hybridized carbons (Fsp3) is 0.692. The smallest absolute Gasteiger partial charge is 0.242 e. The lowest BCUT2D eigenvalue weighted by Crippen LogP contribution is -2.37. The number of nitrogens with zero attached hydrogens (tertiary/aromatic N) is 3. The molecule has 0 aromatic carbocycles. The van der Waals surface area contributed by atoms with Crippen LogP contribution in [0.15, 0.2) is 6.33 Å². The number of nitrogens with two attached hydrogens (primary N) is 1. The molecule has 5 heteroatoms. The molecule has 0 bridgehead atoms. The summed E-state index contributed by atoms with van der Waals surface area (Å²) >= 11 is 0. The molecule has 1 aliphatic carbocycles. The van der Waals surface area contributed by atoms with Gasteiger partial charge in [0.2, 0.25) is 5.88 Å². The summed E-state index contributed by atoms with van der Waals surface area (Å²) in [6.07, 6.45) is 7.90. The summed E-state index contributed by atoms with van der Waals surface area (Å²) in [5.74, 6) is 1.28.